The van der Waals surface area contributed by atoms with Crippen LogP contribution in [-0.2, 0) is 16.4 Å². The molecule has 2 N–H and O–H groups in total. The van der Waals surface area contributed by atoms with E-state index in [0.717, 1.165) is 5.56 Å². The molecule has 0 aliphatic carbocycles. The van der Waals surface area contributed by atoms with E-state index in [-0.39, 0.29) is 48.4 Å². The van der Waals surface area contributed by atoms with E-state index in [1.165, 1.54) is 23.5 Å². The molecule has 0 saturated carbocycles. The Morgan fingerprint density at radius 2 is 1.62 bits per heavy atom. The van der Waals surface area contributed by atoms with E-state index in [1.54, 1.807) is 19.1 Å². The second-order valence-electron chi connectivity index (χ2n) is 9.19. The Morgan fingerprint density at radius 3 is 2.19 bits per heavy atom. The highest BCUT2D eigenvalue weighted by Gasteiger charge is 2.33. The van der Waals surface area contributed by atoms with Crippen LogP contribution in [0.1, 0.15) is 26.3 Å². The van der Waals surface area contributed by atoms with E-state index in [2.05, 4.69) is 5.32 Å². The molecule has 3 aromatic rings. The molecule has 0 fully saturated rings. The second-order valence-corrected chi connectivity index (χ2v) is 11.1. The van der Waals surface area contributed by atoms with Crippen LogP contribution >= 0.6 is 0 Å². The molecule has 0 heterocycles. The van der Waals surface area contributed by atoms with Crippen molar-refractivity contribution in [2.75, 3.05) is 32.1 Å². The van der Waals surface area contributed by atoms with Gasteiger partial charge in [-0.25, -0.2) is 8.42 Å². The zero-order valence-corrected chi connectivity index (χ0v) is 22.3. The summed E-state index contributed by atoms with van der Waals surface area (Å²) >= 11 is 0. The number of hydrogen-bond donors (Lipinski definition) is 2. The van der Waals surface area contributed by atoms with Crippen LogP contribution in [-0.4, -0.2) is 56.8 Å². The van der Waals surface area contributed by atoms with Gasteiger partial charge in [0.2, 0.25) is 10.0 Å². The number of aliphatic hydroxyl groups excluding tert-OH is 1. The molecule has 9 nitrogen and oxygen atoms in total. The molecular weight excluding hydrogens is 496 g/mol. The molecule has 0 aliphatic heterocycles. The molecule has 0 bridgehead atoms. The summed E-state index contributed by atoms with van der Waals surface area (Å²) in [5.41, 5.74) is -0.580. The lowest BCUT2D eigenvalue weighted by molar-refractivity contribution is 0.122. The minimum Gasteiger partial charge on any atom is -0.497 e. The summed E-state index contributed by atoms with van der Waals surface area (Å²) in [7, 11) is -2.45. The second kappa shape index (κ2) is 12.4. The van der Waals surface area contributed by atoms with Crippen LogP contribution in [0.3, 0.4) is 0 Å². The molecule has 0 aromatic heterocycles. The molecule has 0 radical (unpaired) electrons. The van der Waals surface area contributed by atoms with Crippen molar-refractivity contribution in [3.63, 3.8) is 0 Å². The summed E-state index contributed by atoms with van der Waals surface area (Å²) in [6.45, 7) is 5.63. The summed E-state index contributed by atoms with van der Waals surface area (Å²) in [6.07, 6.45) is -0.935. The SMILES string of the molecule is CCOc1c(N[C@@H](Cc2ccccc2)[C@H](O)CN(CC(C)C)S(=O)(=O)c2ccc(OC)cc2)c(=O)c1=O. The van der Waals surface area contributed by atoms with E-state index >= 15 is 0 Å². The highest BCUT2D eigenvalue weighted by molar-refractivity contribution is 7.89. The molecule has 0 unspecified atom stereocenters. The first-order valence-corrected chi connectivity index (χ1v) is 13.6. The molecular formula is C27H34N2O7S. The Hall–Kier alpha value is -3.21. The van der Waals surface area contributed by atoms with Gasteiger partial charge in [0.1, 0.15) is 11.4 Å². The predicted molar refractivity (Wildman–Crippen MR) is 143 cm³/mol. The van der Waals surface area contributed by atoms with Crippen molar-refractivity contribution in [3.8, 4) is 11.5 Å². The number of sulfonamides is 1. The van der Waals surface area contributed by atoms with Crippen molar-refractivity contribution < 1.29 is 23.0 Å². The third-order valence-electron chi connectivity index (χ3n) is 5.90. The maximum atomic E-state index is 13.5. The number of methoxy groups -OCH3 is 1. The Bertz CT molecular complexity index is 1330. The molecule has 0 spiro atoms. The van der Waals surface area contributed by atoms with Crippen LogP contribution in [0.4, 0.5) is 5.69 Å². The minimum absolute atomic E-state index is 0.000234. The van der Waals surface area contributed by atoms with Gasteiger partial charge in [0, 0.05) is 13.1 Å². The highest BCUT2D eigenvalue weighted by Crippen LogP contribution is 2.24. The first kappa shape index (κ1) is 28.4. The lowest BCUT2D eigenvalue weighted by Crippen LogP contribution is -2.48. The van der Waals surface area contributed by atoms with Gasteiger partial charge in [-0.1, -0.05) is 44.2 Å². The van der Waals surface area contributed by atoms with Crippen LogP contribution < -0.4 is 25.6 Å². The van der Waals surface area contributed by atoms with Gasteiger partial charge in [0.15, 0.2) is 5.75 Å². The van der Waals surface area contributed by atoms with Crippen LogP contribution in [0.5, 0.6) is 11.5 Å². The Labute approximate surface area is 217 Å². The first-order valence-electron chi connectivity index (χ1n) is 12.2. The quantitative estimate of drug-likeness (QED) is 0.305. The number of benzene rings is 2. The molecule has 0 amide bonds. The van der Waals surface area contributed by atoms with Gasteiger partial charge in [0.05, 0.1) is 30.8 Å². The van der Waals surface area contributed by atoms with Crippen molar-refractivity contribution in [2.24, 2.45) is 5.92 Å². The summed E-state index contributed by atoms with van der Waals surface area (Å²) < 4.78 is 38.8. The summed E-state index contributed by atoms with van der Waals surface area (Å²) in [5, 5.41) is 14.3. The Balaban J connectivity index is 1.92. The third-order valence-corrected chi connectivity index (χ3v) is 7.75. The van der Waals surface area contributed by atoms with Crippen molar-refractivity contribution >= 4 is 15.7 Å². The molecule has 0 saturated heterocycles. The largest absolute Gasteiger partial charge is 0.497 e. The average molecular weight is 531 g/mol. The molecule has 200 valence electrons. The van der Waals surface area contributed by atoms with Gasteiger partial charge in [-0.2, -0.15) is 4.31 Å². The molecule has 0 aliphatic rings. The van der Waals surface area contributed by atoms with Crippen molar-refractivity contribution in [2.45, 2.75) is 44.2 Å². The lowest BCUT2D eigenvalue weighted by atomic mass is 10.00. The van der Waals surface area contributed by atoms with Gasteiger partial charge in [-0.15, -0.1) is 0 Å². The number of aliphatic hydroxyl groups is 1. The topological polar surface area (TPSA) is 122 Å². The maximum Gasteiger partial charge on any atom is 0.272 e. The van der Waals surface area contributed by atoms with Crippen molar-refractivity contribution in [1.29, 1.82) is 0 Å². The number of nitrogens with zero attached hydrogens (tertiary/aromatic N) is 1. The van der Waals surface area contributed by atoms with Crippen LogP contribution in [0.15, 0.2) is 69.1 Å². The third kappa shape index (κ3) is 6.76. The maximum absolute atomic E-state index is 13.5. The van der Waals surface area contributed by atoms with Crippen LogP contribution in [0, 0.1) is 5.92 Å². The van der Waals surface area contributed by atoms with E-state index in [4.69, 9.17) is 9.47 Å². The predicted octanol–water partition coefficient (Wildman–Crippen LogP) is 2.42. The van der Waals surface area contributed by atoms with Crippen molar-refractivity contribution in [1.82, 2.24) is 4.31 Å². The zero-order valence-electron chi connectivity index (χ0n) is 21.5. The number of rotatable bonds is 14. The smallest absolute Gasteiger partial charge is 0.272 e. The van der Waals surface area contributed by atoms with Gasteiger partial charge < -0.3 is 19.9 Å². The molecule has 2 atom stereocenters. The molecule has 37 heavy (non-hydrogen) atoms. The van der Waals surface area contributed by atoms with Gasteiger partial charge in [0.25, 0.3) is 10.9 Å². The van der Waals surface area contributed by atoms with E-state index in [9.17, 15) is 23.1 Å². The number of hydrogen-bond acceptors (Lipinski definition) is 8. The summed E-state index contributed by atoms with van der Waals surface area (Å²) in [6, 6.07) is 14.6. The lowest BCUT2D eigenvalue weighted by Gasteiger charge is -2.31. The first-order chi connectivity index (χ1) is 17.6. The van der Waals surface area contributed by atoms with Gasteiger partial charge in [-0.05, 0) is 49.1 Å². The fraction of sp³-hybridized carbons (Fsp3) is 0.407. The standard InChI is InChI=1S/C27H34N2O7S/c1-5-36-27-24(25(31)26(27)32)28-22(15-19-9-7-6-8-10-19)23(30)17-29(16-18(2)3)37(33,34)21-13-11-20(35-4)12-14-21/h6-14,18,22-23,28,30H,5,15-17H2,1-4H3/t22-,23+/m0/s1. The molecule has 10 heteroatoms. The fourth-order valence-corrected chi connectivity index (χ4v) is 5.65. The number of anilines is 1. The van der Waals surface area contributed by atoms with Crippen molar-refractivity contribution in [3.05, 3.63) is 80.6 Å². The average Bonchev–Trinajstić information content (AvgIpc) is 2.89. The highest BCUT2D eigenvalue weighted by atomic mass is 32.2. The minimum atomic E-state index is -3.95. The van der Waals surface area contributed by atoms with Gasteiger partial charge in [-0.3, -0.25) is 9.59 Å². The number of nitrogens with one attached hydrogen (secondary N) is 1. The van der Waals surface area contributed by atoms with Gasteiger partial charge >= 0.3 is 0 Å². The number of ether oxygens (including phenoxy) is 2. The fourth-order valence-electron chi connectivity index (χ4n) is 4.03. The Kier molecular flexibility index (Phi) is 9.47. The Morgan fingerprint density at radius 1 is 0.973 bits per heavy atom. The molecule has 3 aromatic carbocycles. The van der Waals surface area contributed by atoms with E-state index in [0.29, 0.717) is 5.75 Å². The van der Waals surface area contributed by atoms with Crippen LogP contribution in [0.25, 0.3) is 0 Å². The monoisotopic (exact) mass is 530 g/mol. The zero-order chi connectivity index (χ0) is 27.2. The van der Waals surface area contributed by atoms with E-state index < -0.39 is 33.0 Å². The summed E-state index contributed by atoms with van der Waals surface area (Å²) in [4.78, 5) is 24.3. The van der Waals surface area contributed by atoms with Crippen LogP contribution in [0.2, 0.25) is 0 Å². The molecule has 3 rings (SSSR count). The summed E-state index contributed by atoms with van der Waals surface area (Å²) in [5.74, 6) is 0.445. The normalized spacial score (nSPS) is 13.6. The van der Waals surface area contributed by atoms with E-state index in [1.807, 2.05) is 44.2 Å².